The van der Waals surface area contributed by atoms with Crippen LogP contribution in [0.25, 0.3) is 0 Å². The molecule has 92 valence electrons. The molecule has 1 atom stereocenters. The van der Waals surface area contributed by atoms with Gasteiger partial charge in [0.05, 0.1) is 0 Å². The average Bonchev–Trinajstić information content (AvgIpc) is 2.76. The zero-order chi connectivity index (χ0) is 10.7. The van der Waals surface area contributed by atoms with Gasteiger partial charge in [-0.1, -0.05) is 6.92 Å². The fraction of sp³-hybridized carbons (Fsp3) is 0.727. The summed E-state index contributed by atoms with van der Waals surface area (Å²) in [4.78, 5) is 4.44. The minimum atomic E-state index is 0. The van der Waals surface area contributed by atoms with E-state index in [1.54, 1.807) is 11.3 Å². The van der Waals surface area contributed by atoms with E-state index in [0.717, 1.165) is 31.9 Å². The number of hydrogen-bond donors (Lipinski definition) is 2. The number of halogens is 1. The number of hydrogen-bond acceptors (Lipinski definition) is 4. The molecule has 0 bridgehead atoms. The predicted molar refractivity (Wildman–Crippen MR) is 71.4 cm³/mol. The minimum Gasteiger partial charge on any atom is -0.316 e. The normalized spacial score (nSPS) is 24.4. The van der Waals surface area contributed by atoms with Crippen LogP contribution in [0.15, 0.2) is 5.38 Å². The average molecular weight is 262 g/mol. The largest absolute Gasteiger partial charge is 0.316 e. The molecule has 1 fully saturated rings. The first-order chi connectivity index (χ1) is 7.18. The van der Waals surface area contributed by atoms with Gasteiger partial charge in [-0.25, -0.2) is 4.98 Å². The van der Waals surface area contributed by atoms with Crippen molar-refractivity contribution in [3.63, 3.8) is 0 Å². The van der Waals surface area contributed by atoms with Crippen LogP contribution < -0.4 is 10.6 Å². The van der Waals surface area contributed by atoms with Gasteiger partial charge in [0.25, 0.3) is 0 Å². The van der Waals surface area contributed by atoms with E-state index < -0.39 is 0 Å². The van der Waals surface area contributed by atoms with Gasteiger partial charge in [0.15, 0.2) is 0 Å². The molecule has 0 spiro atoms. The van der Waals surface area contributed by atoms with Crippen LogP contribution in [-0.2, 0) is 6.54 Å². The number of nitrogens with one attached hydrogen (secondary N) is 2. The van der Waals surface area contributed by atoms with Crippen LogP contribution in [0.3, 0.4) is 0 Å². The number of aryl methyl sites for hydroxylation is 1. The zero-order valence-corrected chi connectivity index (χ0v) is 11.5. The van der Waals surface area contributed by atoms with E-state index in [9.17, 15) is 0 Å². The van der Waals surface area contributed by atoms with Crippen molar-refractivity contribution in [2.24, 2.45) is 5.41 Å². The van der Waals surface area contributed by atoms with Crippen molar-refractivity contribution < 1.29 is 0 Å². The molecule has 5 heteroatoms. The van der Waals surface area contributed by atoms with Crippen LogP contribution in [0.2, 0.25) is 0 Å². The van der Waals surface area contributed by atoms with Gasteiger partial charge in [0.2, 0.25) is 0 Å². The lowest BCUT2D eigenvalue weighted by Gasteiger charge is -2.22. The van der Waals surface area contributed by atoms with E-state index in [1.807, 2.05) is 6.92 Å². The van der Waals surface area contributed by atoms with Crippen molar-refractivity contribution in [2.75, 3.05) is 19.6 Å². The van der Waals surface area contributed by atoms with Crippen molar-refractivity contribution in [1.82, 2.24) is 15.6 Å². The fourth-order valence-corrected chi connectivity index (χ4v) is 2.72. The highest BCUT2D eigenvalue weighted by molar-refractivity contribution is 7.09. The van der Waals surface area contributed by atoms with Crippen molar-refractivity contribution in [3.8, 4) is 0 Å². The molecule has 2 rings (SSSR count). The summed E-state index contributed by atoms with van der Waals surface area (Å²) < 4.78 is 0. The van der Waals surface area contributed by atoms with Crippen molar-refractivity contribution in [1.29, 1.82) is 0 Å². The third-order valence-corrected chi connectivity index (χ3v) is 3.92. The summed E-state index contributed by atoms with van der Waals surface area (Å²) in [6.07, 6.45) is 1.27. The summed E-state index contributed by atoms with van der Waals surface area (Å²) in [5.41, 5.74) is 1.57. The Morgan fingerprint density at radius 2 is 2.44 bits per heavy atom. The highest BCUT2D eigenvalue weighted by Gasteiger charge is 2.27. The molecule has 0 aliphatic carbocycles. The van der Waals surface area contributed by atoms with E-state index in [1.165, 1.54) is 11.4 Å². The lowest BCUT2D eigenvalue weighted by Crippen LogP contribution is -2.33. The van der Waals surface area contributed by atoms with Crippen molar-refractivity contribution in [2.45, 2.75) is 26.8 Å². The molecule has 3 nitrogen and oxygen atoms in total. The smallest absolute Gasteiger partial charge is 0.107 e. The highest BCUT2D eigenvalue weighted by Crippen LogP contribution is 2.23. The van der Waals surface area contributed by atoms with E-state index in [4.69, 9.17) is 0 Å². The number of aromatic nitrogens is 1. The molecule has 0 aromatic carbocycles. The molecule has 2 heterocycles. The topological polar surface area (TPSA) is 37.0 Å². The Kier molecular flexibility index (Phi) is 5.18. The van der Waals surface area contributed by atoms with Gasteiger partial charge in [-0.2, -0.15) is 0 Å². The van der Waals surface area contributed by atoms with Crippen LogP contribution in [0.1, 0.15) is 24.0 Å². The number of thiazole rings is 1. The Labute approximate surface area is 107 Å². The van der Waals surface area contributed by atoms with Gasteiger partial charge in [-0.3, -0.25) is 0 Å². The first-order valence-electron chi connectivity index (χ1n) is 5.50. The van der Waals surface area contributed by atoms with Crippen molar-refractivity contribution in [3.05, 3.63) is 16.1 Å². The van der Waals surface area contributed by atoms with E-state index in [2.05, 4.69) is 27.9 Å². The maximum atomic E-state index is 4.44. The first kappa shape index (κ1) is 13.9. The van der Waals surface area contributed by atoms with Gasteiger partial charge in [0.1, 0.15) is 5.01 Å². The second-order valence-electron chi connectivity index (χ2n) is 4.72. The van der Waals surface area contributed by atoms with E-state index in [-0.39, 0.29) is 12.4 Å². The number of rotatable bonds is 4. The summed E-state index contributed by atoms with van der Waals surface area (Å²) >= 11 is 1.74. The maximum Gasteiger partial charge on any atom is 0.107 e. The van der Waals surface area contributed by atoms with Crippen LogP contribution in [0.5, 0.6) is 0 Å². The highest BCUT2D eigenvalue weighted by atomic mass is 35.5. The SMILES string of the molecule is Cc1csc(CNCC2(C)CCNC2)n1.Cl. The summed E-state index contributed by atoms with van der Waals surface area (Å²) in [6.45, 7) is 8.67. The Bertz CT molecular complexity index is 321. The van der Waals surface area contributed by atoms with Gasteiger partial charge >= 0.3 is 0 Å². The predicted octanol–water partition coefficient (Wildman–Crippen LogP) is 1.96. The van der Waals surface area contributed by atoms with Gasteiger partial charge < -0.3 is 10.6 Å². The Hall–Kier alpha value is -0.160. The monoisotopic (exact) mass is 261 g/mol. The molecular weight excluding hydrogens is 242 g/mol. The van der Waals surface area contributed by atoms with Crippen LogP contribution in [0.4, 0.5) is 0 Å². The molecule has 0 amide bonds. The van der Waals surface area contributed by atoms with Gasteiger partial charge in [0, 0.05) is 30.7 Å². The molecule has 1 aliphatic rings. The second kappa shape index (κ2) is 5.96. The third-order valence-electron chi connectivity index (χ3n) is 2.95. The standard InChI is InChI=1S/C11H19N3S.ClH/c1-9-6-15-10(14-9)5-13-8-11(2)3-4-12-7-11;/h6,12-13H,3-5,7-8H2,1-2H3;1H. The zero-order valence-electron chi connectivity index (χ0n) is 9.88. The van der Waals surface area contributed by atoms with Gasteiger partial charge in [-0.15, -0.1) is 23.7 Å². The Morgan fingerprint density at radius 3 is 3.00 bits per heavy atom. The van der Waals surface area contributed by atoms with Crippen LogP contribution in [0, 0.1) is 12.3 Å². The van der Waals surface area contributed by atoms with E-state index >= 15 is 0 Å². The second-order valence-corrected chi connectivity index (χ2v) is 5.67. The van der Waals surface area contributed by atoms with Crippen molar-refractivity contribution >= 4 is 23.7 Å². The first-order valence-corrected chi connectivity index (χ1v) is 6.38. The van der Waals surface area contributed by atoms with Crippen LogP contribution in [-0.4, -0.2) is 24.6 Å². The quantitative estimate of drug-likeness (QED) is 0.870. The molecule has 1 unspecified atom stereocenters. The maximum absolute atomic E-state index is 4.44. The molecular formula is C11H20ClN3S. The number of nitrogens with zero attached hydrogens (tertiary/aromatic N) is 1. The third kappa shape index (κ3) is 3.70. The summed E-state index contributed by atoms with van der Waals surface area (Å²) in [5.74, 6) is 0. The minimum absolute atomic E-state index is 0. The molecule has 0 radical (unpaired) electrons. The molecule has 1 aromatic heterocycles. The lowest BCUT2D eigenvalue weighted by molar-refractivity contribution is 0.339. The summed E-state index contributed by atoms with van der Waals surface area (Å²) in [5, 5.41) is 10.2. The molecule has 1 aliphatic heterocycles. The molecule has 16 heavy (non-hydrogen) atoms. The molecule has 1 saturated heterocycles. The fourth-order valence-electron chi connectivity index (χ4n) is 1.97. The molecule has 2 N–H and O–H groups in total. The summed E-state index contributed by atoms with van der Waals surface area (Å²) in [6, 6.07) is 0. The molecule has 1 aromatic rings. The summed E-state index contributed by atoms with van der Waals surface area (Å²) in [7, 11) is 0. The lowest BCUT2D eigenvalue weighted by atomic mass is 9.90. The van der Waals surface area contributed by atoms with Crippen LogP contribution >= 0.6 is 23.7 Å². The Balaban J connectivity index is 0.00000128. The van der Waals surface area contributed by atoms with Gasteiger partial charge in [-0.05, 0) is 25.3 Å². The Morgan fingerprint density at radius 1 is 1.62 bits per heavy atom. The van der Waals surface area contributed by atoms with E-state index in [0.29, 0.717) is 5.41 Å². The molecule has 0 saturated carbocycles.